The second kappa shape index (κ2) is 5.25. The molecule has 1 unspecified atom stereocenters. The molecule has 90 valence electrons. The van der Waals surface area contributed by atoms with Crippen LogP contribution in [0, 0.1) is 5.92 Å². The Morgan fingerprint density at radius 3 is 2.33 bits per heavy atom. The Balaban J connectivity index is 2.19. The summed E-state index contributed by atoms with van der Waals surface area (Å²) in [5, 5.41) is 12.9. The first-order chi connectivity index (χ1) is 6.91. The van der Waals surface area contributed by atoms with Crippen molar-refractivity contribution < 1.29 is 14.6 Å². The lowest BCUT2D eigenvalue weighted by atomic mass is 10.1. The van der Waals surface area contributed by atoms with Gasteiger partial charge in [-0.2, -0.15) is 0 Å². The largest absolute Gasteiger partial charge is 0.392 e. The summed E-state index contributed by atoms with van der Waals surface area (Å²) in [5.41, 5.74) is 0. The van der Waals surface area contributed by atoms with Crippen molar-refractivity contribution in [1.29, 1.82) is 0 Å². The van der Waals surface area contributed by atoms with E-state index in [-0.39, 0.29) is 18.1 Å². The van der Waals surface area contributed by atoms with Gasteiger partial charge in [-0.1, -0.05) is 13.8 Å². The fourth-order valence-corrected chi connectivity index (χ4v) is 1.33. The van der Waals surface area contributed by atoms with Crippen LogP contribution in [0.3, 0.4) is 0 Å². The first kappa shape index (κ1) is 12.9. The highest BCUT2D eigenvalue weighted by Crippen LogP contribution is 2.16. The predicted molar refractivity (Wildman–Crippen MR) is 58.6 cm³/mol. The Hall–Kier alpha value is -0.160. The molecule has 0 aromatic carbocycles. The minimum atomic E-state index is -0.463. The summed E-state index contributed by atoms with van der Waals surface area (Å²) in [4.78, 5) is 0. The molecule has 0 saturated carbocycles. The molecule has 1 aliphatic heterocycles. The molecule has 1 heterocycles. The van der Waals surface area contributed by atoms with Crippen LogP contribution in [0.1, 0.15) is 27.7 Å². The maximum atomic E-state index is 9.62. The quantitative estimate of drug-likeness (QED) is 0.729. The van der Waals surface area contributed by atoms with E-state index < -0.39 is 5.79 Å². The minimum absolute atomic E-state index is 0.187. The summed E-state index contributed by atoms with van der Waals surface area (Å²) in [5.74, 6) is -0.186. The zero-order chi connectivity index (χ0) is 11.5. The number of aliphatic hydroxyl groups is 1. The molecule has 0 spiro atoms. The zero-order valence-electron chi connectivity index (χ0n) is 10.1. The maximum absolute atomic E-state index is 9.62. The SMILES string of the molecule is CC(C)C(O)CNC1COC(C)(C)OC1. The van der Waals surface area contributed by atoms with E-state index >= 15 is 0 Å². The Kier molecular flexibility index (Phi) is 4.52. The second-order valence-electron chi connectivity index (χ2n) is 4.94. The number of rotatable bonds is 4. The molecule has 4 nitrogen and oxygen atoms in total. The molecule has 0 radical (unpaired) electrons. The van der Waals surface area contributed by atoms with Gasteiger partial charge in [-0.05, 0) is 19.8 Å². The van der Waals surface area contributed by atoms with Crippen molar-refractivity contribution in [1.82, 2.24) is 5.32 Å². The summed E-state index contributed by atoms with van der Waals surface area (Å²) < 4.78 is 11.0. The van der Waals surface area contributed by atoms with E-state index in [4.69, 9.17) is 9.47 Å². The Labute approximate surface area is 92.0 Å². The van der Waals surface area contributed by atoms with Crippen LogP contribution in [0.2, 0.25) is 0 Å². The molecular formula is C11H23NO3. The lowest BCUT2D eigenvalue weighted by molar-refractivity contribution is -0.253. The van der Waals surface area contributed by atoms with Gasteiger partial charge in [-0.3, -0.25) is 0 Å². The van der Waals surface area contributed by atoms with Crippen molar-refractivity contribution in [2.45, 2.75) is 45.6 Å². The predicted octanol–water partition coefficient (Wildman–Crippen LogP) is 0.744. The van der Waals surface area contributed by atoms with Gasteiger partial charge in [0.2, 0.25) is 0 Å². The summed E-state index contributed by atoms with van der Waals surface area (Å²) in [6.07, 6.45) is -0.306. The number of nitrogens with one attached hydrogen (secondary N) is 1. The van der Waals surface area contributed by atoms with Gasteiger partial charge >= 0.3 is 0 Å². The molecule has 1 fully saturated rings. The highest BCUT2D eigenvalue weighted by molar-refractivity contribution is 4.75. The average Bonchev–Trinajstić information content (AvgIpc) is 2.15. The van der Waals surface area contributed by atoms with Crippen LogP contribution in [-0.4, -0.2) is 42.8 Å². The number of aliphatic hydroxyl groups excluding tert-OH is 1. The summed E-state index contributed by atoms with van der Waals surface area (Å²) in [7, 11) is 0. The molecule has 0 aliphatic carbocycles. The van der Waals surface area contributed by atoms with Crippen LogP contribution in [0.5, 0.6) is 0 Å². The van der Waals surface area contributed by atoms with Crippen molar-refractivity contribution in [3.8, 4) is 0 Å². The molecule has 2 N–H and O–H groups in total. The van der Waals surface area contributed by atoms with E-state index in [1.807, 2.05) is 27.7 Å². The molecule has 1 atom stereocenters. The zero-order valence-corrected chi connectivity index (χ0v) is 10.1. The maximum Gasteiger partial charge on any atom is 0.162 e. The van der Waals surface area contributed by atoms with Crippen molar-refractivity contribution in [2.75, 3.05) is 19.8 Å². The highest BCUT2D eigenvalue weighted by Gasteiger charge is 2.28. The van der Waals surface area contributed by atoms with E-state index in [0.29, 0.717) is 19.8 Å². The fourth-order valence-electron chi connectivity index (χ4n) is 1.33. The van der Waals surface area contributed by atoms with Crippen LogP contribution in [0.15, 0.2) is 0 Å². The third-order valence-corrected chi connectivity index (χ3v) is 2.65. The number of hydrogen-bond donors (Lipinski definition) is 2. The van der Waals surface area contributed by atoms with Crippen LogP contribution in [-0.2, 0) is 9.47 Å². The standard InChI is InChI=1S/C11H23NO3/c1-8(2)10(13)5-12-9-6-14-11(3,4)15-7-9/h8-10,12-13H,5-7H2,1-4H3. The van der Waals surface area contributed by atoms with Crippen molar-refractivity contribution in [3.63, 3.8) is 0 Å². The number of ether oxygens (including phenoxy) is 2. The van der Waals surface area contributed by atoms with Gasteiger partial charge in [0, 0.05) is 6.54 Å². The minimum Gasteiger partial charge on any atom is -0.392 e. The van der Waals surface area contributed by atoms with Crippen LogP contribution >= 0.6 is 0 Å². The molecule has 15 heavy (non-hydrogen) atoms. The van der Waals surface area contributed by atoms with Gasteiger partial charge in [0.1, 0.15) is 0 Å². The third kappa shape index (κ3) is 4.47. The highest BCUT2D eigenvalue weighted by atomic mass is 16.7. The Morgan fingerprint density at radius 2 is 1.87 bits per heavy atom. The van der Waals surface area contributed by atoms with E-state index in [2.05, 4.69) is 5.32 Å². The average molecular weight is 217 g/mol. The van der Waals surface area contributed by atoms with Crippen LogP contribution < -0.4 is 5.32 Å². The van der Waals surface area contributed by atoms with Gasteiger partial charge in [0.05, 0.1) is 25.4 Å². The van der Waals surface area contributed by atoms with E-state index in [9.17, 15) is 5.11 Å². The second-order valence-corrected chi connectivity index (χ2v) is 4.94. The monoisotopic (exact) mass is 217 g/mol. The fraction of sp³-hybridized carbons (Fsp3) is 1.00. The molecular weight excluding hydrogens is 194 g/mol. The van der Waals surface area contributed by atoms with E-state index in [1.54, 1.807) is 0 Å². The van der Waals surface area contributed by atoms with Gasteiger partial charge in [0.25, 0.3) is 0 Å². The molecule has 4 heteroatoms. The van der Waals surface area contributed by atoms with E-state index in [1.165, 1.54) is 0 Å². The molecule has 0 aromatic heterocycles. The molecule has 1 rings (SSSR count). The summed E-state index contributed by atoms with van der Waals surface area (Å²) >= 11 is 0. The van der Waals surface area contributed by atoms with Gasteiger partial charge in [0.15, 0.2) is 5.79 Å². The lowest BCUT2D eigenvalue weighted by Gasteiger charge is -2.35. The first-order valence-electron chi connectivity index (χ1n) is 5.60. The Bertz CT molecular complexity index is 184. The first-order valence-corrected chi connectivity index (χ1v) is 5.60. The number of hydrogen-bond acceptors (Lipinski definition) is 4. The normalized spacial score (nSPS) is 24.4. The van der Waals surface area contributed by atoms with Crippen molar-refractivity contribution in [3.05, 3.63) is 0 Å². The van der Waals surface area contributed by atoms with Gasteiger partial charge in [-0.25, -0.2) is 0 Å². The van der Waals surface area contributed by atoms with Crippen molar-refractivity contribution in [2.24, 2.45) is 5.92 Å². The van der Waals surface area contributed by atoms with Gasteiger partial charge < -0.3 is 19.9 Å². The third-order valence-electron chi connectivity index (χ3n) is 2.65. The molecule has 0 aromatic rings. The van der Waals surface area contributed by atoms with Crippen molar-refractivity contribution >= 4 is 0 Å². The summed E-state index contributed by atoms with van der Waals surface area (Å²) in [6.45, 7) is 9.69. The smallest absolute Gasteiger partial charge is 0.162 e. The van der Waals surface area contributed by atoms with Gasteiger partial charge in [-0.15, -0.1) is 0 Å². The summed E-state index contributed by atoms with van der Waals surface area (Å²) in [6, 6.07) is 0.187. The van der Waals surface area contributed by atoms with Crippen LogP contribution in [0.4, 0.5) is 0 Å². The topological polar surface area (TPSA) is 50.7 Å². The molecule has 0 amide bonds. The van der Waals surface area contributed by atoms with Crippen LogP contribution in [0.25, 0.3) is 0 Å². The Morgan fingerprint density at radius 1 is 1.33 bits per heavy atom. The molecule has 0 bridgehead atoms. The molecule has 1 aliphatic rings. The molecule has 1 saturated heterocycles. The lowest BCUT2D eigenvalue weighted by Crippen LogP contribution is -2.50. The van der Waals surface area contributed by atoms with E-state index in [0.717, 1.165) is 0 Å².